The highest BCUT2D eigenvalue weighted by molar-refractivity contribution is 6.30. The van der Waals surface area contributed by atoms with Crippen LogP contribution in [0.15, 0.2) is 42.5 Å². The molecule has 2 aromatic rings. The van der Waals surface area contributed by atoms with Crippen LogP contribution in [0.1, 0.15) is 24.2 Å². The van der Waals surface area contributed by atoms with E-state index in [9.17, 15) is 19.7 Å². The van der Waals surface area contributed by atoms with Crippen molar-refractivity contribution in [3.63, 3.8) is 0 Å². The second kappa shape index (κ2) is 9.18. The molecule has 9 heteroatoms. The Balaban J connectivity index is 2.08. The molecule has 0 bridgehead atoms. The number of carbonyl (C=O) groups excluding carboxylic acids is 2. The summed E-state index contributed by atoms with van der Waals surface area (Å²) >= 11 is 5.78. The van der Waals surface area contributed by atoms with Crippen molar-refractivity contribution in [1.82, 2.24) is 10.2 Å². The molecule has 0 atom stereocenters. The number of nitrogens with one attached hydrogen (secondary N) is 1. The molecule has 0 unspecified atom stereocenters. The maximum absolute atomic E-state index is 12.4. The predicted octanol–water partition coefficient (Wildman–Crippen LogP) is 3.64. The van der Waals surface area contributed by atoms with Crippen molar-refractivity contribution in [2.24, 2.45) is 0 Å². The lowest BCUT2D eigenvalue weighted by Crippen LogP contribution is -2.40. The Hall–Kier alpha value is -3.13. The predicted molar refractivity (Wildman–Crippen MR) is 105 cm³/mol. The third-order valence-corrected chi connectivity index (χ3v) is 3.86. The molecule has 2 amide bonds. The van der Waals surface area contributed by atoms with Crippen molar-refractivity contribution in [3.05, 3.63) is 63.2 Å². The van der Waals surface area contributed by atoms with Crippen LogP contribution >= 0.6 is 11.6 Å². The lowest BCUT2D eigenvalue weighted by atomic mass is 10.2. The minimum atomic E-state index is -0.587. The Bertz CT molecular complexity index is 884. The van der Waals surface area contributed by atoms with E-state index in [1.54, 1.807) is 0 Å². The van der Waals surface area contributed by atoms with E-state index in [0.29, 0.717) is 11.3 Å². The molecule has 0 aliphatic carbocycles. The van der Waals surface area contributed by atoms with Crippen LogP contribution in [0.5, 0.6) is 11.5 Å². The SMILES string of the molecule is CC(C)NC(=O)CN(C)C(=O)c1ccc(Oc2ccc(Cl)cc2[N+](=O)[O-])cc1. The maximum Gasteiger partial charge on any atom is 0.313 e. The lowest BCUT2D eigenvalue weighted by molar-refractivity contribution is -0.385. The van der Waals surface area contributed by atoms with Crippen LogP contribution in [0, 0.1) is 10.1 Å². The number of halogens is 1. The molecule has 2 aromatic carbocycles. The molecule has 1 N–H and O–H groups in total. The molecular weight excluding hydrogens is 386 g/mol. The highest BCUT2D eigenvalue weighted by Gasteiger charge is 2.18. The molecule has 0 spiro atoms. The van der Waals surface area contributed by atoms with Gasteiger partial charge in [-0.15, -0.1) is 0 Å². The summed E-state index contributed by atoms with van der Waals surface area (Å²) in [5.41, 5.74) is 0.0985. The molecule has 28 heavy (non-hydrogen) atoms. The first-order valence-electron chi connectivity index (χ1n) is 8.44. The van der Waals surface area contributed by atoms with Gasteiger partial charge in [0, 0.05) is 29.7 Å². The van der Waals surface area contributed by atoms with Crippen molar-refractivity contribution >= 4 is 29.1 Å². The maximum atomic E-state index is 12.4. The Kier molecular flexibility index (Phi) is 6.94. The molecule has 0 fully saturated rings. The van der Waals surface area contributed by atoms with Crippen LogP contribution in [-0.4, -0.2) is 41.3 Å². The minimum absolute atomic E-state index is 0.00985. The van der Waals surface area contributed by atoms with Crippen LogP contribution in [0.2, 0.25) is 5.02 Å². The first-order valence-corrected chi connectivity index (χ1v) is 8.82. The van der Waals surface area contributed by atoms with Crippen molar-refractivity contribution in [3.8, 4) is 11.5 Å². The summed E-state index contributed by atoms with van der Waals surface area (Å²) in [5.74, 6) is -0.220. The van der Waals surface area contributed by atoms with Gasteiger partial charge in [-0.3, -0.25) is 19.7 Å². The van der Waals surface area contributed by atoms with Gasteiger partial charge in [0.15, 0.2) is 0 Å². The number of amides is 2. The Morgan fingerprint density at radius 3 is 2.43 bits per heavy atom. The Morgan fingerprint density at radius 2 is 1.86 bits per heavy atom. The Labute approximate surface area is 167 Å². The summed E-state index contributed by atoms with van der Waals surface area (Å²) in [4.78, 5) is 36.0. The number of hydrogen-bond acceptors (Lipinski definition) is 5. The average Bonchev–Trinajstić information content (AvgIpc) is 2.62. The van der Waals surface area contributed by atoms with Crippen LogP contribution in [0.4, 0.5) is 5.69 Å². The molecule has 0 aromatic heterocycles. The third-order valence-electron chi connectivity index (χ3n) is 3.62. The van der Waals surface area contributed by atoms with E-state index in [0.717, 1.165) is 0 Å². The van der Waals surface area contributed by atoms with Crippen molar-refractivity contribution in [2.45, 2.75) is 19.9 Å². The largest absolute Gasteiger partial charge is 0.450 e. The fourth-order valence-electron chi connectivity index (χ4n) is 2.39. The van der Waals surface area contributed by atoms with E-state index in [1.165, 1.54) is 54.4 Å². The van der Waals surface area contributed by atoms with Gasteiger partial charge in [-0.25, -0.2) is 0 Å². The topological polar surface area (TPSA) is 102 Å². The zero-order valence-electron chi connectivity index (χ0n) is 15.6. The third kappa shape index (κ3) is 5.68. The first kappa shape index (κ1) is 21.2. The number of rotatable bonds is 7. The second-order valence-corrected chi connectivity index (χ2v) is 6.82. The van der Waals surface area contributed by atoms with Crippen molar-refractivity contribution in [1.29, 1.82) is 0 Å². The smallest absolute Gasteiger partial charge is 0.313 e. The highest BCUT2D eigenvalue weighted by Crippen LogP contribution is 2.33. The number of nitro groups is 1. The fraction of sp³-hybridized carbons (Fsp3) is 0.263. The van der Waals surface area contributed by atoms with Gasteiger partial charge in [0.1, 0.15) is 5.75 Å². The quantitative estimate of drug-likeness (QED) is 0.559. The molecule has 148 valence electrons. The van der Waals surface area contributed by atoms with Crippen LogP contribution in [0.3, 0.4) is 0 Å². The van der Waals surface area contributed by atoms with Gasteiger partial charge in [0.25, 0.3) is 5.91 Å². The van der Waals surface area contributed by atoms with Crippen molar-refractivity contribution in [2.75, 3.05) is 13.6 Å². The van der Waals surface area contributed by atoms with E-state index in [2.05, 4.69) is 5.32 Å². The number of benzene rings is 2. The zero-order valence-corrected chi connectivity index (χ0v) is 16.4. The van der Waals surface area contributed by atoms with E-state index in [1.807, 2.05) is 13.8 Å². The summed E-state index contributed by atoms with van der Waals surface area (Å²) < 4.78 is 5.54. The molecule has 2 rings (SSSR count). The molecule has 0 saturated heterocycles. The lowest BCUT2D eigenvalue weighted by Gasteiger charge is -2.18. The number of nitrogens with zero attached hydrogens (tertiary/aromatic N) is 2. The molecule has 0 aliphatic rings. The van der Waals surface area contributed by atoms with Gasteiger partial charge >= 0.3 is 5.69 Å². The fourth-order valence-corrected chi connectivity index (χ4v) is 2.55. The first-order chi connectivity index (χ1) is 13.2. The standard InChI is InChI=1S/C19H20ClN3O5/c1-12(2)21-18(24)11-22(3)19(25)13-4-7-15(8-5-13)28-17-9-6-14(20)10-16(17)23(26)27/h4-10,12H,11H2,1-3H3,(H,21,24). The second-order valence-electron chi connectivity index (χ2n) is 6.38. The number of ether oxygens (including phenoxy) is 1. The average molecular weight is 406 g/mol. The molecule has 8 nitrogen and oxygen atoms in total. The van der Waals surface area contributed by atoms with Gasteiger partial charge in [0.2, 0.25) is 11.7 Å². The van der Waals surface area contributed by atoms with Gasteiger partial charge in [-0.2, -0.15) is 0 Å². The van der Waals surface area contributed by atoms with Crippen LogP contribution in [0.25, 0.3) is 0 Å². The van der Waals surface area contributed by atoms with E-state index >= 15 is 0 Å². The summed E-state index contributed by atoms with van der Waals surface area (Å²) in [7, 11) is 1.53. The molecule has 0 heterocycles. The van der Waals surface area contributed by atoms with E-state index < -0.39 is 4.92 Å². The van der Waals surface area contributed by atoms with Gasteiger partial charge in [-0.05, 0) is 50.2 Å². The normalized spacial score (nSPS) is 10.5. The Morgan fingerprint density at radius 1 is 1.21 bits per heavy atom. The monoisotopic (exact) mass is 405 g/mol. The number of nitro benzene ring substituents is 1. The summed E-state index contributed by atoms with van der Waals surface area (Å²) in [6, 6.07) is 10.2. The molecular formula is C19H20ClN3O5. The zero-order chi connectivity index (χ0) is 20.8. The number of likely N-dealkylation sites (N-methyl/N-ethyl adjacent to an activating group) is 1. The van der Waals surface area contributed by atoms with Crippen LogP contribution < -0.4 is 10.1 Å². The van der Waals surface area contributed by atoms with Gasteiger partial charge in [-0.1, -0.05) is 11.6 Å². The van der Waals surface area contributed by atoms with E-state index in [4.69, 9.17) is 16.3 Å². The van der Waals surface area contributed by atoms with Crippen molar-refractivity contribution < 1.29 is 19.2 Å². The summed E-state index contributed by atoms with van der Waals surface area (Å²) in [6.07, 6.45) is 0. The number of carbonyl (C=O) groups is 2. The van der Waals surface area contributed by atoms with Gasteiger partial charge < -0.3 is 15.0 Å². The number of hydrogen-bond donors (Lipinski definition) is 1. The minimum Gasteiger partial charge on any atom is -0.450 e. The van der Waals surface area contributed by atoms with Crippen LogP contribution in [-0.2, 0) is 4.79 Å². The molecule has 0 radical (unpaired) electrons. The highest BCUT2D eigenvalue weighted by atomic mass is 35.5. The summed E-state index contributed by atoms with van der Waals surface area (Å²) in [6.45, 7) is 3.61. The molecule has 0 aliphatic heterocycles. The van der Waals surface area contributed by atoms with Gasteiger partial charge in [0.05, 0.1) is 11.5 Å². The summed E-state index contributed by atoms with van der Waals surface area (Å²) in [5, 5.41) is 14.1. The van der Waals surface area contributed by atoms with E-state index in [-0.39, 0.29) is 40.9 Å². The molecule has 0 saturated carbocycles.